The maximum Gasteiger partial charge on any atom is 0.205 e. The second-order valence-corrected chi connectivity index (χ2v) is 8.81. The van der Waals surface area contributed by atoms with Crippen molar-refractivity contribution in [3.05, 3.63) is 67.5 Å². The molecule has 1 aliphatic rings. The Bertz CT molecular complexity index is 1310. The summed E-state index contributed by atoms with van der Waals surface area (Å²) in [6.07, 6.45) is 11.8. The van der Waals surface area contributed by atoms with Crippen LogP contribution in [-0.2, 0) is 6.42 Å². The number of nitrogens with zero attached hydrogens (tertiary/aromatic N) is 3. The van der Waals surface area contributed by atoms with Crippen LogP contribution in [0.15, 0.2) is 66.3 Å². The number of pyridine rings is 1. The number of hydrogen-bond acceptors (Lipinski definition) is 7. The molecule has 0 bridgehead atoms. The Hall–Kier alpha value is -3.78. The first kappa shape index (κ1) is 23.0. The molecule has 0 aliphatic carbocycles. The van der Waals surface area contributed by atoms with Gasteiger partial charge in [-0.05, 0) is 50.7 Å². The summed E-state index contributed by atoms with van der Waals surface area (Å²) in [5.41, 5.74) is 3.66. The van der Waals surface area contributed by atoms with Crippen molar-refractivity contribution < 1.29 is 13.9 Å². The lowest BCUT2D eigenvalue weighted by Gasteiger charge is -2.22. The van der Waals surface area contributed by atoms with Crippen molar-refractivity contribution in [2.75, 3.05) is 25.5 Å². The first-order valence-corrected chi connectivity index (χ1v) is 12.0. The number of aromatic nitrogens is 3. The quantitative estimate of drug-likeness (QED) is 0.346. The van der Waals surface area contributed by atoms with Gasteiger partial charge in [-0.1, -0.05) is 24.8 Å². The van der Waals surface area contributed by atoms with Gasteiger partial charge in [0.1, 0.15) is 18.1 Å². The van der Waals surface area contributed by atoms with E-state index in [0.29, 0.717) is 29.6 Å². The highest BCUT2D eigenvalue weighted by molar-refractivity contribution is 5.98. The molecule has 1 aliphatic heterocycles. The number of ether oxygens (including phenoxy) is 2. The molecule has 182 valence electrons. The maximum absolute atomic E-state index is 6.41. The largest absolute Gasteiger partial charge is 0.496 e. The summed E-state index contributed by atoms with van der Waals surface area (Å²) in [6, 6.07) is 8.38. The average molecular weight is 474 g/mol. The van der Waals surface area contributed by atoms with E-state index in [2.05, 4.69) is 38.2 Å². The third-order valence-electron chi connectivity index (χ3n) is 6.43. The molecule has 3 aromatic heterocycles. The molecule has 1 atom stereocenters. The maximum atomic E-state index is 6.41. The predicted octanol–water partition coefficient (Wildman–Crippen LogP) is 5.19. The van der Waals surface area contributed by atoms with E-state index < -0.39 is 0 Å². The summed E-state index contributed by atoms with van der Waals surface area (Å²) in [5, 5.41) is 12.0. The van der Waals surface area contributed by atoms with Gasteiger partial charge in [0.25, 0.3) is 0 Å². The van der Waals surface area contributed by atoms with Crippen molar-refractivity contribution in [1.29, 1.82) is 0 Å². The van der Waals surface area contributed by atoms with Crippen molar-refractivity contribution in [2.24, 2.45) is 0 Å². The van der Waals surface area contributed by atoms with E-state index >= 15 is 0 Å². The van der Waals surface area contributed by atoms with Gasteiger partial charge in [0.2, 0.25) is 5.75 Å². The monoisotopic (exact) mass is 473 g/mol. The molecule has 0 radical (unpaired) electrons. The van der Waals surface area contributed by atoms with Crippen LogP contribution < -0.4 is 20.1 Å². The van der Waals surface area contributed by atoms with E-state index in [1.54, 1.807) is 25.8 Å². The van der Waals surface area contributed by atoms with Gasteiger partial charge in [0, 0.05) is 29.9 Å². The van der Waals surface area contributed by atoms with E-state index in [0.717, 1.165) is 53.8 Å². The first-order chi connectivity index (χ1) is 17.2. The molecule has 1 aromatic carbocycles. The average Bonchev–Trinajstić information content (AvgIpc) is 3.54. The number of furan rings is 1. The summed E-state index contributed by atoms with van der Waals surface area (Å²) < 4.78 is 20.1. The van der Waals surface area contributed by atoms with E-state index in [4.69, 9.17) is 13.9 Å². The lowest BCUT2D eigenvalue weighted by molar-refractivity contribution is 0.221. The number of nitrogens with one attached hydrogen (secondary N) is 2. The number of methoxy groups -OCH3 is 1. The van der Waals surface area contributed by atoms with Crippen molar-refractivity contribution >= 4 is 16.8 Å². The Balaban J connectivity index is 1.45. The third kappa shape index (κ3) is 4.74. The van der Waals surface area contributed by atoms with Crippen molar-refractivity contribution in [2.45, 2.75) is 38.3 Å². The number of piperidine rings is 1. The molecule has 5 rings (SSSR count). The summed E-state index contributed by atoms with van der Waals surface area (Å²) in [6.45, 7) is 7.84. The number of hydrogen-bond donors (Lipinski definition) is 2. The normalized spacial score (nSPS) is 15.1. The number of fused-ring (bicyclic) bond motifs is 1. The fourth-order valence-corrected chi connectivity index (χ4v) is 4.67. The van der Waals surface area contributed by atoms with Crippen LogP contribution in [0, 0.1) is 0 Å². The zero-order valence-electron chi connectivity index (χ0n) is 20.2. The summed E-state index contributed by atoms with van der Waals surface area (Å²) in [4.78, 5) is 4.62. The minimum atomic E-state index is -0.153. The summed E-state index contributed by atoms with van der Waals surface area (Å²) in [7, 11) is 1.68. The molecule has 0 spiro atoms. The molecule has 1 unspecified atom stereocenters. The lowest BCUT2D eigenvalue weighted by Crippen LogP contribution is -2.29. The predicted molar refractivity (Wildman–Crippen MR) is 137 cm³/mol. The van der Waals surface area contributed by atoms with Gasteiger partial charge in [0.15, 0.2) is 11.4 Å². The van der Waals surface area contributed by atoms with Crippen LogP contribution in [0.2, 0.25) is 0 Å². The zero-order chi connectivity index (χ0) is 24.2. The molecular weight excluding hydrogens is 442 g/mol. The Morgan fingerprint density at radius 1 is 1.29 bits per heavy atom. The second-order valence-electron chi connectivity index (χ2n) is 8.81. The van der Waals surface area contributed by atoms with E-state index in [-0.39, 0.29) is 6.10 Å². The van der Waals surface area contributed by atoms with Crippen molar-refractivity contribution in [3.63, 3.8) is 0 Å². The zero-order valence-corrected chi connectivity index (χ0v) is 20.2. The molecule has 1 saturated heterocycles. The summed E-state index contributed by atoms with van der Waals surface area (Å²) in [5.74, 6) is 1.96. The minimum Gasteiger partial charge on any atom is -0.496 e. The molecule has 2 N–H and O–H groups in total. The van der Waals surface area contributed by atoms with Gasteiger partial charge in [-0.15, -0.1) is 0 Å². The van der Waals surface area contributed by atoms with Crippen LogP contribution in [0.3, 0.4) is 0 Å². The molecule has 4 aromatic rings. The van der Waals surface area contributed by atoms with Crippen molar-refractivity contribution in [3.8, 4) is 22.6 Å². The number of benzene rings is 1. The van der Waals surface area contributed by atoms with Gasteiger partial charge >= 0.3 is 0 Å². The van der Waals surface area contributed by atoms with Crippen LogP contribution in [0.1, 0.15) is 31.4 Å². The summed E-state index contributed by atoms with van der Waals surface area (Å²) >= 11 is 0. The lowest BCUT2D eigenvalue weighted by atomic mass is 10.1. The Morgan fingerprint density at radius 2 is 2.11 bits per heavy atom. The fraction of sp³-hybridized carbons (Fsp3) is 0.333. The fourth-order valence-electron chi connectivity index (χ4n) is 4.67. The minimum absolute atomic E-state index is 0.153. The van der Waals surface area contributed by atoms with Crippen LogP contribution in [0.25, 0.3) is 22.1 Å². The molecule has 0 amide bonds. The first-order valence-electron chi connectivity index (χ1n) is 12.0. The van der Waals surface area contributed by atoms with E-state index in [9.17, 15) is 0 Å². The van der Waals surface area contributed by atoms with Gasteiger partial charge in [0.05, 0.1) is 24.7 Å². The molecule has 1 fully saturated rings. The molecule has 8 heteroatoms. The Kier molecular flexibility index (Phi) is 6.72. The van der Waals surface area contributed by atoms with Crippen LogP contribution >= 0.6 is 0 Å². The van der Waals surface area contributed by atoms with Gasteiger partial charge in [-0.3, -0.25) is 4.68 Å². The molecule has 35 heavy (non-hydrogen) atoms. The van der Waals surface area contributed by atoms with Crippen molar-refractivity contribution in [1.82, 2.24) is 20.1 Å². The topological polar surface area (TPSA) is 86.4 Å². The van der Waals surface area contributed by atoms with E-state index in [1.165, 1.54) is 0 Å². The van der Waals surface area contributed by atoms with Crippen LogP contribution in [-0.4, -0.2) is 41.1 Å². The number of anilines is 1. The highest BCUT2D eigenvalue weighted by Gasteiger charge is 2.22. The van der Waals surface area contributed by atoms with Gasteiger partial charge in [-0.2, -0.15) is 5.10 Å². The molecule has 8 nitrogen and oxygen atoms in total. The molecule has 4 heterocycles. The molecule has 0 saturated carbocycles. The Labute approximate surface area is 204 Å². The highest BCUT2D eigenvalue weighted by Crippen LogP contribution is 2.39. The van der Waals surface area contributed by atoms with Gasteiger partial charge < -0.3 is 24.5 Å². The smallest absolute Gasteiger partial charge is 0.205 e. The van der Waals surface area contributed by atoms with Gasteiger partial charge in [-0.25, -0.2) is 4.98 Å². The van der Waals surface area contributed by atoms with E-state index in [1.807, 2.05) is 37.4 Å². The molecular formula is C27H31N5O3. The Morgan fingerprint density at radius 3 is 2.91 bits per heavy atom. The highest BCUT2D eigenvalue weighted by atomic mass is 16.5. The standard InChI is InChI=1S/C27H31N5O3/c1-4-29-27-26(35-18(2)13-19-7-5-6-8-24(19)33-3)25-22(15-30-27)23(17-34-25)20-14-31-32(16-20)21-9-11-28-12-10-21/h4-8,14-18,21,28H,1,9-13H2,2-3H3,(H,29,30). The van der Waals surface area contributed by atoms with Crippen LogP contribution in [0.4, 0.5) is 5.82 Å². The second kappa shape index (κ2) is 10.2. The third-order valence-corrected chi connectivity index (χ3v) is 6.43. The number of rotatable bonds is 9. The van der Waals surface area contributed by atoms with Crippen LogP contribution in [0.5, 0.6) is 11.5 Å². The number of para-hydroxylation sites is 1. The SMILES string of the molecule is C=CNc1ncc2c(-c3cnn(C4CCNCC4)c3)coc2c1OC(C)Cc1ccccc1OC.